The highest BCUT2D eigenvalue weighted by atomic mass is 32.2. The minimum Gasteiger partial charge on any atom is -0.508 e. The fourth-order valence-electron chi connectivity index (χ4n) is 1.52. The van der Waals surface area contributed by atoms with Crippen LogP contribution in [0.4, 0.5) is 0 Å². The van der Waals surface area contributed by atoms with Crippen molar-refractivity contribution in [2.75, 3.05) is 13.2 Å². The van der Waals surface area contributed by atoms with E-state index < -0.39 is 33.7 Å². The summed E-state index contributed by atoms with van der Waals surface area (Å²) < 4.78 is 33.5. The fraction of sp³-hybridized carbons (Fsp3) is 0.412. The molecule has 0 aliphatic rings. The maximum atomic E-state index is 10.2. The predicted octanol–water partition coefficient (Wildman–Crippen LogP) is 1.97. The molecule has 0 heterocycles. The Hall–Kier alpha value is -2.43. The topological polar surface area (TPSA) is 158 Å². The lowest BCUT2D eigenvalue weighted by molar-refractivity contribution is -0.143. The van der Waals surface area contributed by atoms with E-state index in [-0.39, 0.29) is 0 Å². The lowest BCUT2D eigenvalue weighted by Gasteiger charge is -2.04. The summed E-state index contributed by atoms with van der Waals surface area (Å²) in [5, 5.41) is 23.1. The molecule has 1 aromatic rings. The number of benzene rings is 1. The second-order valence-electron chi connectivity index (χ2n) is 4.84. The average Bonchev–Trinajstić information content (AvgIpc) is 2.55. The molecule has 9 nitrogen and oxygen atoms in total. The van der Waals surface area contributed by atoms with E-state index in [9.17, 15) is 23.1 Å². The van der Waals surface area contributed by atoms with E-state index in [4.69, 9.17) is 19.5 Å². The number of para-hydroxylation sites is 1. The zero-order chi connectivity index (χ0) is 21.5. The number of ether oxygens (including phenoxy) is 1. The third-order valence-corrected chi connectivity index (χ3v) is 3.85. The molecule has 27 heavy (non-hydrogen) atoms. The molecular weight excluding hydrogens is 380 g/mol. The van der Waals surface area contributed by atoms with Gasteiger partial charge in [-0.2, -0.15) is 8.42 Å². The Morgan fingerprint density at radius 1 is 1.19 bits per heavy atom. The van der Waals surface area contributed by atoms with Gasteiger partial charge in [-0.3, -0.25) is 14.1 Å². The smallest absolute Gasteiger partial charge is 0.325 e. The summed E-state index contributed by atoms with van der Waals surface area (Å²) in [6.07, 6.45) is 1.34. The molecule has 0 saturated heterocycles. The van der Waals surface area contributed by atoms with Gasteiger partial charge < -0.3 is 20.1 Å². The van der Waals surface area contributed by atoms with Crippen LogP contribution >= 0.6 is 0 Å². The van der Waals surface area contributed by atoms with Crippen LogP contribution in [-0.2, 0) is 30.9 Å². The first-order valence-corrected chi connectivity index (χ1v) is 9.37. The van der Waals surface area contributed by atoms with Crippen LogP contribution in [0, 0.1) is 0 Å². The Kier molecular flexibility index (Phi) is 14.6. The summed E-state index contributed by atoms with van der Waals surface area (Å²) in [5.74, 6) is -3.15. The van der Waals surface area contributed by atoms with Crippen molar-refractivity contribution >= 4 is 22.1 Å². The van der Waals surface area contributed by atoms with Crippen LogP contribution in [0.2, 0.25) is 0 Å². The summed E-state index contributed by atoms with van der Waals surface area (Å²) in [6, 6.07) is 7.27. The van der Waals surface area contributed by atoms with Gasteiger partial charge in [0.1, 0.15) is 5.75 Å². The predicted molar refractivity (Wildman–Crippen MR) is 99.4 cm³/mol. The average molecular weight is 406 g/mol. The Morgan fingerprint density at radius 2 is 1.70 bits per heavy atom. The number of phenols is 1. The van der Waals surface area contributed by atoms with Crippen LogP contribution in [-0.4, -0.2) is 58.7 Å². The third kappa shape index (κ3) is 14.4. The zero-order valence-corrected chi connectivity index (χ0v) is 16.1. The van der Waals surface area contributed by atoms with E-state index in [1.807, 2.05) is 32.0 Å². The molecule has 10 heteroatoms. The van der Waals surface area contributed by atoms with Crippen LogP contribution in [0.3, 0.4) is 0 Å². The second-order valence-corrected chi connectivity index (χ2v) is 6.44. The highest BCUT2D eigenvalue weighted by molar-refractivity contribution is 7.87. The van der Waals surface area contributed by atoms with Crippen LogP contribution < -0.4 is 0 Å². The Labute approximate surface area is 158 Å². The summed E-state index contributed by atoms with van der Waals surface area (Å²) in [5.41, 5.74) is 0.928. The van der Waals surface area contributed by atoms with Gasteiger partial charge in [0.25, 0.3) is 10.1 Å². The molecule has 0 aliphatic carbocycles. The number of allylic oxidation sites excluding steroid dienone is 1. The number of carbonyl (C=O) groups is 2. The van der Waals surface area contributed by atoms with Gasteiger partial charge in [0, 0.05) is 13.2 Å². The first-order chi connectivity index (χ1) is 12.5. The van der Waals surface area contributed by atoms with Crippen LogP contribution in [0.25, 0.3) is 0 Å². The minimum absolute atomic E-state index is 0.349. The molecule has 1 rings (SSSR count). The SMILES string of the molecule is C=CCc1ccccc1O.CCOCC.O=C(O)CC(C(=O)O)S(=O)(=O)O. The summed E-state index contributed by atoms with van der Waals surface area (Å²) in [6.45, 7) is 9.25. The van der Waals surface area contributed by atoms with Gasteiger partial charge in [-0.15, -0.1) is 6.58 Å². The molecule has 0 radical (unpaired) electrons. The van der Waals surface area contributed by atoms with Gasteiger partial charge in [-0.05, 0) is 31.9 Å². The normalized spacial score (nSPS) is 11.1. The quantitative estimate of drug-likeness (QED) is 0.374. The second kappa shape index (κ2) is 14.7. The highest BCUT2D eigenvalue weighted by Crippen LogP contribution is 2.15. The number of phenolic OH excluding ortho intramolecular Hbond substituents is 1. The van der Waals surface area contributed by atoms with Crippen molar-refractivity contribution < 1.29 is 42.6 Å². The van der Waals surface area contributed by atoms with E-state index in [2.05, 4.69) is 6.58 Å². The third-order valence-electron chi connectivity index (χ3n) is 2.76. The standard InChI is InChI=1S/C9H10O.C4H6O7S.C4H10O/c1-2-5-8-6-3-4-7-9(8)10;5-3(6)1-2(4(7)8)12(9,10)11;1-3-5-4-2/h2-4,6-7,10H,1,5H2;2H,1H2,(H,5,6)(H,7,8)(H,9,10,11);3-4H2,1-2H3. The lowest BCUT2D eigenvalue weighted by atomic mass is 10.1. The first kappa shape index (κ1) is 26.8. The highest BCUT2D eigenvalue weighted by Gasteiger charge is 2.33. The minimum atomic E-state index is -4.84. The fourth-order valence-corrected chi connectivity index (χ4v) is 2.13. The molecule has 0 bridgehead atoms. The molecule has 154 valence electrons. The molecule has 0 aromatic heterocycles. The van der Waals surface area contributed by atoms with Crippen molar-refractivity contribution in [1.82, 2.24) is 0 Å². The van der Waals surface area contributed by atoms with Crippen molar-refractivity contribution in [3.05, 3.63) is 42.5 Å². The summed E-state index contributed by atoms with van der Waals surface area (Å²) in [4.78, 5) is 20.0. The molecule has 1 atom stereocenters. The van der Waals surface area contributed by atoms with Crippen molar-refractivity contribution in [2.45, 2.75) is 31.9 Å². The Morgan fingerprint density at radius 3 is 1.96 bits per heavy atom. The van der Waals surface area contributed by atoms with E-state index in [0.29, 0.717) is 5.75 Å². The number of carboxylic acid groups (broad SMARTS) is 2. The summed E-state index contributed by atoms with van der Waals surface area (Å²) in [7, 11) is -4.84. The van der Waals surface area contributed by atoms with Crippen molar-refractivity contribution in [3.63, 3.8) is 0 Å². The van der Waals surface area contributed by atoms with Crippen LogP contribution in [0.5, 0.6) is 5.75 Å². The molecular formula is C17H26O9S. The van der Waals surface area contributed by atoms with Gasteiger partial charge in [0.2, 0.25) is 0 Å². The number of aromatic hydroxyl groups is 1. The van der Waals surface area contributed by atoms with Crippen LogP contribution in [0.15, 0.2) is 36.9 Å². The van der Waals surface area contributed by atoms with Gasteiger partial charge >= 0.3 is 11.9 Å². The number of aliphatic carboxylic acids is 2. The van der Waals surface area contributed by atoms with E-state index >= 15 is 0 Å². The zero-order valence-electron chi connectivity index (χ0n) is 15.2. The van der Waals surface area contributed by atoms with E-state index in [0.717, 1.165) is 25.2 Å². The molecule has 0 amide bonds. The molecule has 0 saturated carbocycles. The van der Waals surface area contributed by atoms with Crippen LogP contribution in [0.1, 0.15) is 25.8 Å². The molecule has 1 aromatic carbocycles. The number of hydrogen-bond acceptors (Lipinski definition) is 6. The largest absolute Gasteiger partial charge is 0.508 e. The van der Waals surface area contributed by atoms with Gasteiger partial charge in [-0.25, -0.2) is 0 Å². The molecule has 0 fully saturated rings. The van der Waals surface area contributed by atoms with Gasteiger partial charge in [0.05, 0.1) is 6.42 Å². The monoisotopic (exact) mass is 406 g/mol. The maximum absolute atomic E-state index is 10.2. The lowest BCUT2D eigenvalue weighted by Crippen LogP contribution is -2.31. The van der Waals surface area contributed by atoms with E-state index in [1.165, 1.54) is 0 Å². The molecule has 4 N–H and O–H groups in total. The van der Waals surface area contributed by atoms with Crippen molar-refractivity contribution in [3.8, 4) is 5.75 Å². The van der Waals surface area contributed by atoms with Gasteiger partial charge in [-0.1, -0.05) is 24.3 Å². The molecule has 1 unspecified atom stereocenters. The molecule has 0 aliphatic heterocycles. The van der Waals surface area contributed by atoms with Crippen molar-refractivity contribution in [1.29, 1.82) is 0 Å². The maximum Gasteiger partial charge on any atom is 0.325 e. The summed E-state index contributed by atoms with van der Waals surface area (Å²) >= 11 is 0. The number of hydrogen-bond donors (Lipinski definition) is 4. The number of rotatable bonds is 8. The molecule has 0 spiro atoms. The Balaban J connectivity index is 0. The van der Waals surface area contributed by atoms with Gasteiger partial charge in [0.15, 0.2) is 5.25 Å². The number of carboxylic acids is 2. The van der Waals surface area contributed by atoms with Crippen molar-refractivity contribution in [2.24, 2.45) is 0 Å². The Bertz CT molecular complexity index is 681. The first-order valence-electron chi connectivity index (χ1n) is 7.87. The van der Waals surface area contributed by atoms with E-state index in [1.54, 1.807) is 12.1 Å².